The zero-order chi connectivity index (χ0) is 13.4. The van der Waals surface area contributed by atoms with E-state index in [1.807, 2.05) is 30.3 Å². The Balaban J connectivity index is 2.53. The first-order valence-electron chi connectivity index (χ1n) is 6.65. The first-order chi connectivity index (χ1) is 8.69. The average molecular weight is 312 g/mol. The van der Waals surface area contributed by atoms with Gasteiger partial charge >= 0.3 is 0 Å². The van der Waals surface area contributed by atoms with Crippen LogP contribution in [0.2, 0.25) is 0 Å². The summed E-state index contributed by atoms with van der Waals surface area (Å²) in [4.78, 5) is 12.5. The minimum atomic E-state index is -0.0347. The highest BCUT2D eigenvalue weighted by molar-refractivity contribution is 9.09. The topological polar surface area (TPSA) is 29.1 Å². The molecule has 1 N–H and O–H groups in total. The summed E-state index contributed by atoms with van der Waals surface area (Å²) in [5, 5.41) is 3.03. The second-order valence-corrected chi connectivity index (χ2v) is 5.80. The number of nitrogens with one attached hydrogen (secondary N) is 1. The van der Waals surface area contributed by atoms with Crippen LogP contribution in [0.15, 0.2) is 30.3 Å². The van der Waals surface area contributed by atoms with Crippen molar-refractivity contribution in [2.75, 3.05) is 6.54 Å². The predicted molar refractivity (Wildman–Crippen MR) is 80.1 cm³/mol. The lowest BCUT2D eigenvalue weighted by atomic mass is 9.95. The highest BCUT2D eigenvalue weighted by Crippen LogP contribution is 2.19. The van der Waals surface area contributed by atoms with Crippen LogP contribution in [0.4, 0.5) is 0 Å². The van der Waals surface area contributed by atoms with Gasteiger partial charge in [0, 0.05) is 11.4 Å². The van der Waals surface area contributed by atoms with Crippen molar-refractivity contribution >= 4 is 21.8 Å². The summed E-state index contributed by atoms with van der Waals surface area (Å²) in [6.07, 6.45) is 3.04. The Labute approximate surface area is 118 Å². The minimum Gasteiger partial charge on any atom is -0.354 e. The fourth-order valence-corrected chi connectivity index (χ4v) is 2.63. The zero-order valence-corrected chi connectivity index (χ0v) is 12.7. The molecule has 0 aromatic heterocycles. The van der Waals surface area contributed by atoms with Gasteiger partial charge in [-0.15, -0.1) is 0 Å². The Hall–Kier alpha value is -0.830. The van der Waals surface area contributed by atoms with Gasteiger partial charge in [0.05, 0.1) is 5.92 Å². The summed E-state index contributed by atoms with van der Waals surface area (Å²) in [5.74, 6) is 0.0942. The molecule has 0 saturated carbocycles. The molecular formula is C15H22BrNO. The molecule has 0 saturated heterocycles. The Kier molecular flexibility index (Phi) is 7.02. The summed E-state index contributed by atoms with van der Waals surface area (Å²) in [6, 6.07) is 9.98. The summed E-state index contributed by atoms with van der Waals surface area (Å²) in [7, 11) is 0. The molecule has 0 heterocycles. The normalized spacial score (nSPS) is 13.9. The Morgan fingerprint density at radius 2 is 1.94 bits per heavy atom. The molecule has 0 fully saturated rings. The van der Waals surface area contributed by atoms with E-state index in [4.69, 9.17) is 0 Å². The van der Waals surface area contributed by atoms with E-state index >= 15 is 0 Å². The Morgan fingerprint density at radius 1 is 1.28 bits per heavy atom. The van der Waals surface area contributed by atoms with Gasteiger partial charge in [-0.25, -0.2) is 0 Å². The molecule has 0 radical (unpaired) electrons. The number of carbonyl (C=O) groups is 1. The van der Waals surface area contributed by atoms with Crippen LogP contribution < -0.4 is 5.32 Å². The van der Waals surface area contributed by atoms with E-state index in [-0.39, 0.29) is 11.8 Å². The maximum absolute atomic E-state index is 12.2. The van der Waals surface area contributed by atoms with Crippen LogP contribution in [0.3, 0.4) is 0 Å². The molecule has 2 unspecified atom stereocenters. The lowest BCUT2D eigenvalue weighted by Crippen LogP contribution is -2.33. The second kappa shape index (κ2) is 8.30. The van der Waals surface area contributed by atoms with Gasteiger partial charge in [0.1, 0.15) is 0 Å². The van der Waals surface area contributed by atoms with Gasteiger partial charge in [-0.2, -0.15) is 0 Å². The van der Waals surface area contributed by atoms with E-state index in [0.717, 1.165) is 24.8 Å². The van der Waals surface area contributed by atoms with Crippen LogP contribution in [0.1, 0.15) is 44.6 Å². The Bertz CT molecular complexity index is 353. The molecular weight excluding hydrogens is 290 g/mol. The number of benzene rings is 1. The molecule has 1 amide bonds. The second-order valence-electron chi connectivity index (χ2n) is 4.50. The van der Waals surface area contributed by atoms with Crippen LogP contribution in [0.5, 0.6) is 0 Å². The third-order valence-corrected chi connectivity index (χ3v) is 3.81. The van der Waals surface area contributed by atoms with Gasteiger partial charge in [-0.05, 0) is 18.4 Å². The number of alkyl halides is 1. The van der Waals surface area contributed by atoms with Crippen molar-refractivity contribution in [1.82, 2.24) is 5.32 Å². The van der Waals surface area contributed by atoms with Crippen molar-refractivity contribution in [2.24, 2.45) is 0 Å². The average Bonchev–Trinajstić information content (AvgIpc) is 2.39. The van der Waals surface area contributed by atoms with Crippen molar-refractivity contribution in [3.63, 3.8) is 0 Å². The van der Waals surface area contributed by atoms with Crippen LogP contribution in [0.25, 0.3) is 0 Å². The molecule has 18 heavy (non-hydrogen) atoms. The largest absolute Gasteiger partial charge is 0.354 e. The molecule has 1 aromatic carbocycles. The summed E-state index contributed by atoms with van der Waals surface area (Å²) < 4.78 is 0. The van der Waals surface area contributed by atoms with Crippen molar-refractivity contribution in [3.05, 3.63) is 35.9 Å². The number of halogens is 1. The van der Waals surface area contributed by atoms with Crippen LogP contribution >= 0.6 is 15.9 Å². The van der Waals surface area contributed by atoms with Gasteiger partial charge in [0.25, 0.3) is 0 Å². The van der Waals surface area contributed by atoms with Crippen molar-refractivity contribution in [1.29, 1.82) is 0 Å². The summed E-state index contributed by atoms with van der Waals surface area (Å²) in [5.41, 5.74) is 1.10. The van der Waals surface area contributed by atoms with Gasteiger partial charge in [-0.3, -0.25) is 4.79 Å². The molecule has 0 spiro atoms. The van der Waals surface area contributed by atoms with Crippen molar-refractivity contribution in [3.8, 4) is 0 Å². The SMILES string of the molecule is CCCC(Br)CNC(=O)C(CC)c1ccccc1. The summed E-state index contributed by atoms with van der Waals surface area (Å²) >= 11 is 3.58. The smallest absolute Gasteiger partial charge is 0.227 e. The maximum Gasteiger partial charge on any atom is 0.227 e. The first-order valence-corrected chi connectivity index (χ1v) is 7.57. The number of rotatable bonds is 7. The van der Waals surface area contributed by atoms with Gasteiger partial charge in [-0.1, -0.05) is 66.5 Å². The molecule has 1 rings (SSSR count). The molecule has 1 aromatic rings. The lowest BCUT2D eigenvalue weighted by molar-refractivity contribution is -0.122. The Morgan fingerprint density at radius 3 is 2.50 bits per heavy atom. The van der Waals surface area contributed by atoms with E-state index in [0.29, 0.717) is 11.4 Å². The monoisotopic (exact) mass is 311 g/mol. The highest BCUT2D eigenvalue weighted by Gasteiger charge is 2.18. The third-order valence-electron chi connectivity index (χ3n) is 3.03. The quantitative estimate of drug-likeness (QED) is 0.761. The van der Waals surface area contributed by atoms with Crippen LogP contribution in [-0.4, -0.2) is 17.3 Å². The third kappa shape index (κ3) is 4.81. The van der Waals surface area contributed by atoms with Gasteiger partial charge in [0.2, 0.25) is 5.91 Å². The fourth-order valence-electron chi connectivity index (χ4n) is 2.01. The summed E-state index contributed by atoms with van der Waals surface area (Å²) in [6.45, 7) is 4.90. The molecule has 0 aliphatic carbocycles. The fraction of sp³-hybridized carbons (Fsp3) is 0.533. The van der Waals surface area contributed by atoms with Gasteiger partial charge in [0.15, 0.2) is 0 Å². The molecule has 0 bridgehead atoms. The zero-order valence-electron chi connectivity index (χ0n) is 11.2. The van der Waals surface area contributed by atoms with E-state index in [1.165, 1.54) is 0 Å². The highest BCUT2D eigenvalue weighted by atomic mass is 79.9. The lowest BCUT2D eigenvalue weighted by Gasteiger charge is -2.17. The number of carbonyl (C=O) groups excluding carboxylic acids is 1. The first kappa shape index (κ1) is 15.2. The van der Waals surface area contributed by atoms with Gasteiger partial charge < -0.3 is 5.32 Å². The predicted octanol–water partition coefficient (Wildman–Crippen LogP) is 3.86. The molecule has 3 heteroatoms. The molecule has 100 valence electrons. The molecule has 0 aliphatic heterocycles. The molecule has 2 atom stereocenters. The van der Waals surface area contributed by atoms with Crippen molar-refractivity contribution < 1.29 is 4.79 Å². The van der Waals surface area contributed by atoms with E-state index < -0.39 is 0 Å². The van der Waals surface area contributed by atoms with E-state index in [1.54, 1.807) is 0 Å². The maximum atomic E-state index is 12.2. The minimum absolute atomic E-state index is 0.0347. The molecule has 0 aliphatic rings. The van der Waals surface area contributed by atoms with E-state index in [9.17, 15) is 4.79 Å². The number of amides is 1. The molecule has 2 nitrogen and oxygen atoms in total. The van der Waals surface area contributed by atoms with Crippen LogP contribution in [0, 0.1) is 0 Å². The van der Waals surface area contributed by atoms with Crippen molar-refractivity contribution in [2.45, 2.75) is 43.9 Å². The standard InChI is InChI=1S/C15H22BrNO/c1-3-8-13(16)11-17-15(18)14(4-2)12-9-6-5-7-10-12/h5-7,9-10,13-14H,3-4,8,11H2,1-2H3,(H,17,18). The number of hydrogen-bond donors (Lipinski definition) is 1. The van der Waals surface area contributed by atoms with Crippen LogP contribution in [-0.2, 0) is 4.79 Å². The number of hydrogen-bond acceptors (Lipinski definition) is 1. The van der Waals surface area contributed by atoms with E-state index in [2.05, 4.69) is 35.1 Å².